The monoisotopic (exact) mass is 336 g/mol. The first-order valence-electron chi connectivity index (χ1n) is 8.11. The van der Waals surface area contributed by atoms with Gasteiger partial charge >= 0.3 is 17.9 Å². The van der Waals surface area contributed by atoms with Crippen molar-refractivity contribution in [3.05, 3.63) is 35.4 Å². The number of esters is 3. The molecule has 0 aromatic heterocycles. The van der Waals surface area contributed by atoms with Gasteiger partial charge in [0.05, 0.1) is 19.8 Å². The van der Waals surface area contributed by atoms with Crippen LogP contribution in [0.1, 0.15) is 44.2 Å². The highest BCUT2D eigenvalue weighted by atomic mass is 16.6. The number of carbonyl (C=O) groups is 3. The third-order valence-corrected chi connectivity index (χ3v) is 3.28. The minimum Gasteiger partial charge on any atom is -0.466 e. The van der Waals surface area contributed by atoms with Crippen LogP contribution < -0.4 is 0 Å². The number of rotatable bonds is 9. The molecule has 0 radical (unpaired) electrons. The summed E-state index contributed by atoms with van der Waals surface area (Å²) in [4.78, 5) is 35.5. The number of aryl methyl sites for hydroxylation is 1. The molecule has 0 aliphatic carbocycles. The fraction of sp³-hybridized carbons (Fsp3) is 0.500. The second-order valence-corrected chi connectivity index (χ2v) is 4.98. The van der Waals surface area contributed by atoms with Gasteiger partial charge in [0, 0.05) is 6.42 Å². The maximum absolute atomic E-state index is 12.0. The van der Waals surface area contributed by atoms with Gasteiger partial charge in [0.25, 0.3) is 0 Å². The van der Waals surface area contributed by atoms with E-state index >= 15 is 0 Å². The Bertz CT molecular complexity index is 531. The van der Waals surface area contributed by atoms with E-state index in [1.807, 2.05) is 0 Å². The summed E-state index contributed by atoms with van der Waals surface area (Å²) in [6.07, 6.45) is 0.814. The van der Waals surface area contributed by atoms with Crippen LogP contribution in [0, 0.1) is 0 Å². The van der Waals surface area contributed by atoms with Crippen LogP contribution in [0.15, 0.2) is 24.3 Å². The Morgan fingerprint density at radius 2 is 1.33 bits per heavy atom. The highest BCUT2D eigenvalue weighted by Crippen LogP contribution is 2.21. The molecule has 0 aliphatic rings. The number of hydrogen-bond donors (Lipinski definition) is 0. The molecule has 132 valence electrons. The molecule has 0 saturated carbocycles. The molecule has 0 N–H and O–H groups in total. The van der Waals surface area contributed by atoms with Crippen LogP contribution in [-0.4, -0.2) is 37.7 Å². The van der Waals surface area contributed by atoms with Crippen molar-refractivity contribution in [2.75, 3.05) is 19.8 Å². The van der Waals surface area contributed by atoms with Crippen LogP contribution in [0.2, 0.25) is 0 Å². The zero-order valence-corrected chi connectivity index (χ0v) is 14.4. The molecule has 24 heavy (non-hydrogen) atoms. The number of benzene rings is 1. The first-order chi connectivity index (χ1) is 11.5. The van der Waals surface area contributed by atoms with Crippen LogP contribution >= 0.6 is 0 Å². The Balaban J connectivity index is 2.83. The maximum Gasteiger partial charge on any atom is 0.324 e. The summed E-state index contributed by atoms with van der Waals surface area (Å²) in [6, 6.07) is 6.91. The van der Waals surface area contributed by atoms with Gasteiger partial charge in [0.1, 0.15) is 0 Å². The van der Waals surface area contributed by atoms with Crippen LogP contribution in [0.5, 0.6) is 0 Å². The highest BCUT2D eigenvalue weighted by molar-refractivity contribution is 6.00. The van der Waals surface area contributed by atoms with Crippen molar-refractivity contribution >= 4 is 17.9 Å². The molecule has 0 saturated heterocycles. The van der Waals surface area contributed by atoms with Crippen LogP contribution in [0.25, 0.3) is 0 Å². The zero-order valence-electron chi connectivity index (χ0n) is 14.4. The Morgan fingerprint density at radius 3 is 1.79 bits per heavy atom. The van der Waals surface area contributed by atoms with E-state index in [9.17, 15) is 14.4 Å². The standard InChI is InChI=1S/C18H24O6/c1-4-22-15(19)12-9-13-7-10-14(11-8-13)16(17(20)23-5-2)18(21)24-6-3/h7-8,10-11,16H,4-6,9,12H2,1-3H3. The summed E-state index contributed by atoms with van der Waals surface area (Å²) in [5.41, 5.74) is 1.42. The summed E-state index contributed by atoms with van der Waals surface area (Å²) in [6.45, 7) is 5.85. The molecule has 0 heterocycles. The molecule has 1 aromatic rings. The summed E-state index contributed by atoms with van der Waals surface area (Å²) >= 11 is 0. The first kappa shape index (κ1) is 19.7. The van der Waals surface area contributed by atoms with Crippen molar-refractivity contribution in [2.24, 2.45) is 0 Å². The van der Waals surface area contributed by atoms with Gasteiger partial charge in [-0.2, -0.15) is 0 Å². The van der Waals surface area contributed by atoms with E-state index in [-0.39, 0.29) is 25.6 Å². The molecule has 6 heteroatoms. The minimum absolute atomic E-state index is 0.187. The Morgan fingerprint density at radius 1 is 0.833 bits per heavy atom. The summed E-state index contributed by atoms with van der Waals surface area (Å²) in [5, 5.41) is 0. The predicted molar refractivity (Wildman–Crippen MR) is 87.4 cm³/mol. The fourth-order valence-electron chi connectivity index (χ4n) is 2.18. The van der Waals surface area contributed by atoms with E-state index in [0.29, 0.717) is 18.6 Å². The SMILES string of the molecule is CCOC(=O)CCc1ccc(C(C(=O)OCC)C(=O)OCC)cc1. The molecule has 0 amide bonds. The molecule has 0 fully saturated rings. The van der Waals surface area contributed by atoms with Crippen LogP contribution in [0.4, 0.5) is 0 Å². The van der Waals surface area contributed by atoms with Gasteiger partial charge in [-0.1, -0.05) is 24.3 Å². The van der Waals surface area contributed by atoms with Gasteiger partial charge in [-0.3, -0.25) is 14.4 Å². The largest absolute Gasteiger partial charge is 0.466 e. The molecule has 0 bridgehead atoms. The van der Waals surface area contributed by atoms with Gasteiger partial charge < -0.3 is 14.2 Å². The van der Waals surface area contributed by atoms with Crippen molar-refractivity contribution in [3.8, 4) is 0 Å². The Hall–Kier alpha value is -2.37. The first-order valence-corrected chi connectivity index (χ1v) is 8.11. The summed E-state index contributed by atoms with van der Waals surface area (Å²) < 4.78 is 14.8. The lowest BCUT2D eigenvalue weighted by Gasteiger charge is -2.15. The predicted octanol–water partition coefficient (Wildman–Crippen LogP) is 2.39. The van der Waals surface area contributed by atoms with Crippen molar-refractivity contribution in [3.63, 3.8) is 0 Å². The van der Waals surface area contributed by atoms with Crippen molar-refractivity contribution in [1.29, 1.82) is 0 Å². The fourth-order valence-corrected chi connectivity index (χ4v) is 2.18. The smallest absolute Gasteiger partial charge is 0.324 e. The highest BCUT2D eigenvalue weighted by Gasteiger charge is 2.31. The lowest BCUT2D eigenvalue weighted by atomic mass is 9.97. The quantitative estimate of drug-likeness (QED) is 0.391. The van der Waals surface area contributed by atoms with Gasteiger partial charge in [0.15, 0.2) is 5.92 Å². The normalized spacial score (nSPS) is 10.3. The zero-order chi connectivity index (χ0) is 17.9. The summed E-state index contributed by atoms with van der Waals surface area (Å²) in [5.74, 6) is -2.60. The average Bonchev–Trinajstić information content (AvgIpc) is 2.55. The summed E-state index contributed by atoms with van der Waals surface area (Å²) in [7, 11) is 0. The van der Waals surface area contributed by atoms with Crippen molar-refractivity contribution in [2.45, 2.75) is 39.5 Å². The topological polar surface area (TPSA) is 78.9 Å². The lowest BCUT2D eigenvalue weighted by molar-refractivity contribution is -0.157. The molecular weight excluding hydrogens is 312 g/mol. The Labute approximate surface area is 142 Å². The van der Waals surface area contributed by atoms with Crippen molar-refractivity contribution < 1.29 is 28.6 Å². The van der Waals surface area contributed by atoms with E-state index in [1.54, 1.807) is 45.0 Å². The molecule has 0 aliphatic heterocycles. The van der Waals surface area contributed by atoms with E-state index in [1.165, 1.54) is 0 Å². The molecule has 1 rings (SSSR count). The number of carbonyl (C=O) groups excluding carboxylic acids is 3. The Kier molecular flexibility index (Phi) is 8.54. The molecule has 0 spiro atoms. The van der Waals surface area contributed by atoms with Crippen LogP contribution in [0.3, 0.4) is 0 Å². The maximum atomic E-state index is 12.0. The minimum atomic E-state index is -1.09. The van der Waals surface area contributed by atoms with E-state index < -0.39 is 17.9 Å². The van der Waals surface area contributed by atoms with Gasteiger partial charge in [-0.25, -0.2) is 0 Å². The molecule has 1 aromatic carbocycles. The van der Waals surface area contributed by atoms with E-state index in [0.717, 1.165) is 5.56 Å². The van der Waals surface area contributed by atoms with Crippen molar-refractivity contribution in [1.82, 2.24) is 0 Å². The second kappa shape index (κ2) is 10.4. The third kappa shape index (κ3) is 6.02. The average molecular weight is 336 g/mol. The van der Waals surface area contributed by atoms with E-state index in [4.69, 9.17) is 14.2 Å². The lowest BCUT2D eigenvalue weighted by Crippen LogP contribution is -2.26. The van der Waals surface area contributed by atoms with Gasteiger partial charge in [-0.05, 0) is 38.3 Å². The van der Waals surface area contributed by atoms with Gasteiger partial charge in [0.2, 0.25) is 0 Å². The molecule has 6 nitrogen and oxygen atoms in total. The van der Waals surface area contributed by atoms with Crippen LogP contribution in [-0.2, 0) is 35.0 Å². The van der Waals surface area contributed by atoms with Gasteiger partial charge in [-0.15, -0.1) is 0 Å². The third-order valence-electron chi connectivity index (χ3n) is 3.28. The number of ether oxygens (including phenoxy) is 3. The molecular formula is C18H24O6. The second-order valence-electron chi connectivity index (χ2n) is 4.98. The molecule has 0 unspecified atom stereocenters. The van der Waals surface area contributed by atoms with E-state index in [2.05, 4.69) is 0 Å². The molecule has 0 atom stereocenters. The number of hydrogen-bond acceptors (Lipinski definition) is 6.